The van der Waals surface area contributed by atoms with Crippen LogP contribution in [0, 0.1) is 11.6 Å². The van der Waals surface area contributed by atoms with Gasteiger partial charge in [0.15, 0.2) is 23.1 Å². The SMILES string of the molecule is Fc1c(C(F)(F)F)cc2c(nc(N3CCN4CCCC4C3)c3ncnn32)c1F. The number of alkyl halides is 3. The molecule has 148 valence electrons. The topological polar surface area (TPSA) is 49.6 Å². The lowest BCUT2D eigenvalue weighted by molar-refractivity contribution is -0.140. The summed E-state index contributed by atoms with van der Waals surface area (Å²) in [5.41, 5.74) is -2.24. The highest BCUT2D eigenvalue weighted by atomic mass is 19.4. The zero-order valence-corrected chi connectivity index (χ0v) is 14.5. The Morgan fingerprint density at radius 2 is 1.89 bits per heavy atom. The highest BCUT2D eigenvalue weighted by Crippen LogP contribution is 2.36. The van der Waals surface area contributed by atoms with E-state index >= 15 is 0 Å². The second kappa shape index (κ2) is 5.97. The second-order valence-corrected chi connectivity index (χ2v) is 7.13. The lowest BCUT2D eigenvalue weighted by atomic mass is 10.1. The van der Waals surface area contributed by atoms with E-state index in [1.807, 2.05) is 4.90 Å². The lowest BCUT2D eigenvalue weighted by Gasteiger charge is -2.38. The molecule has 3 aromatic rings. The monoisotopic (exact) mass is 398 g/mol. The van der Waals surface area contributed by atoms with Crippen LogP contribution in [0.1, 0.15) is 18.4 Å². The number of fused-ring (bicyclic) bond motifs is 4. The van der Waals surface area contributed by atoms with Crippen molar-refractivity contribution in [2.24, 2.45) is 0 Å². The predicted molar refractivity (Wildman–Crippen MR) is 90.0 cm³/mol. The number of benzene rings is 1. The van der Waals surface area contributed by atoms with Gasteiger partial charge in [-0.1, -0.05) is 0 Å². The van der Waals surface area contributed by atoms with Crippen molar-refractivity contribution in [2.45, 2.75) is 25.1 Å². The van der Waals surface area contributed by atoms with E-state index in [4.69, 9.17) is 0 Å². The molecule has 6 nitrogen and oxygen atoms in total. The first-order valence-corrected chi connectivity index (χ1v) is 8.92. The van der Waals surface area contributed by atoms with Crippen LogP contribution in [0.4, 0.5) is 27.8 Å². The summed E-state index contributed by atoms with van der Waals surface area (Å²) < 4.78 is 69.0. The molecular weight excluding hydrogens is 383 g/mol. The van der Waals surface area contributed by atoms with Gasteiger partial charge >= 0.3 is 6.18 Å². The average Bonchev–Trinajstić information content (AvgIpc) is 3.31. The van der Waals surface area contributed by atoms with Crippen LogP contribution in [-0.4, -0.2) is 56.7 Å². The van der Waals surface area contributed by atoms with E-state index in [0.717, 1.165) is 30.4 Å². The Labute approximate surface area is 155 Å². The molecular formula is C17H15F5N6. The number of hydrogen-bond donors (Lipinski definition) is 0. The van der Waals surface area contributed by atoms with Crippen LogP contribution in [0.3, 0.4) is 0 Å². The maximum atomic E-state index is 14.6. The summed E-state index contributed by atoms with van der Waals surface area (Å²) in [6.45, 7) is 3.09. The van der Waals surface area contributed by atoms with Crippen LogP contribution in [0.2, 0.25) is 0 Å². The van der Waals surface area contributed by atoms with Gasteiger partial charge in [-0.2, -0.15) is 18.3 Å². The smallest absolute Gasteiger partial charge is 0.351 e. The zero-order chi connectivity index (χ0) is 19.6. The van der Waals surface area contributed by atoms with Crippen molar-refractivity contribution < 1.29 is 22.0 Å². The standard InChI is InChI=1S/C17H15F5N6/c18-12-10(17(20,21)22)6-11-14(13(12)19)25-16(15-23-8-24-28(11)15)27-5-4-26-3-1-2-9(26)7-27/h6,8-9H,1-5,7H2. The first-order valence-electron chi connectivity index (χ1n) is 8.92. The Bertz CT molecular complexity index is 1080. The number of rotatable bonds is 1. The third-order valence-electron chi connectivity index (χ3n) is 5.55. The molecule has 0 spiro atoms. The summed E-state index contributed by atoms with van der Waals surface area (Å²) in [6.07, 6.45) is -1.74. The van der Waals surface area contributed by atoms with Crippen LogP contribution in [0.15, 0.2) is 12.4 Å². The van der Waals surface area contributed by atoms with E-state index in [1.54, 1.807) is 0 Å². The van der Waals surface area contributed by atoms with E-state index in [2.05, 4.69) is 20.0 Å². The molecule has 2 aliphatic rings. The van der Waals surface area contributed by atoms with Gasteiger partial charge in [0.1, 0.15) is 11.8 Å². The average molecular weight is 398 g/mol. The summed E-state index contributed by atoms with van der Waals surface area (Å²) in [7, 11) is 0. The number of hydrogen-bond acceptors (Lipinski definition) is 5. The molecule has 0 amide bonds. The molecule has 11 heteroatoms. The molecule has 2 aliphatic heterocycles. The minimum absolute atomic E-state index is 0.220. The summed E-state index contributed by atoms with van der Waals surface area (Å²) in [5, 5.41) is 3.93. The van der Waals surface area contributed by atoms with Gasteiger partial charge in [-0.3, -0.25) is 4.90 Å². The van der Waals surface area contributed by atoms with Crippen LogP contribution in [0.5, 0.6) is 0 Å². The fraction of sp³-hybridized carbons (Fsp3) is 0.471. The molecule has 2 fully saturated rings. The third-order valence-corrected chi connectivity index (χ3v) is 5.55. The molecule has 1 unspecified atom stereocenters. The third kappa shape index (κ3) is 2.52. The maximum absolute atomic E-state index is 14.6. The molecule has 5 rings (SSSR count). The number of anilines is 1. The number of halogens is 5. The van der Waals surface area contributed by atoms with Crippen molar-refractivity contribution in [3.63, 3.8) is 0 Å². The minimum Gasteiger partial charge on any atom is -0.351 e. The van der Waals surface area contributed by atoms with Crippen molar-refractivity contribution in [1.29, 1.82) is 0 Å². The van der Waals surface area contributed by atoms with Crippen LogP contribution in [-0.2, 0) is 6.18 Å². The number of aromatic nitrogens is 4. The van der Waals surface area contributed by atoms with Crippen molar-refractivity contribution in [3.05, 3.63) is 29.6 Å². The summed E-state index contributed by atoms with van der Waals surface area (Å²) in [6, 6.07) is 0.865. The molecule has 0 radical (unpaired) electrons. The minimum atomic E-state index is -5.04. The van der Waals surface area contributed by atoms with Crippen LogP contribution >= 0.6 is 0 Å². The Morgan fingerprint density at radius 3 is 2.68 bits per heavy atom. The van der Waals surface area contributed by atoms with Gasteiger partial charge in [-0.25, -0.2) is 23.3 Å². The van der Waals surface area contributed by atoms with Gasteiger partial charge in [-0.15, -0.1) is 0 Å². The maximum Gasteiger partial charge on any atom is 0.419 e. The fourth-order valence-electron chi connectivity index (χ4n) is 4.20. The molecule has 0 bridgehead atoms. The van der Waals surface area contributed by atoms with E-state index < -0.39 is 28.9 Å². The second-order valence-electron chi connectivity index (χ2n) is 7.13. The van der Waals surface area contributed by atoms with Crippen molar-refractivity contribution in [1.82, 2.24) is 24.5 Å². The van der Waals surface area contributed by atoms with Crippen molar-refractivity contribution in [2.75, 3.05) is 31.1 Å². The molecule has 0 aliphatic carbocycles. The normalized spacial score (nSPS) is 21.0. The Hall–Kier alpha value is -2.56. The molecule has 1 aromatic carbocycles. The number of piperazine rings is 1. The number of nitrogens with zero attached hydrogens (tertiary/aromatic N) is 6. The van der Waals surface area contributed by atoms with Crippen LogP contribution in [0.25, 0.3) is 16.7 Å². The molecule has 2 aromatic heterocycles. The summed E-state index contributed by atoms with van der Waals surface area (Å²) in [5.74, 6) is -3.30. The van der Waals surface area contributed by atoms with E-state index in [9.17, 15) is 22.0 Å². The Morgan fingerprint density at radius 1 is 1.07 bits per heavy atom. The fourth-order valence-corrected chi connectivity index (χ4v) is 4.20. The molecule has 4 heterocycles. The zero-order valence-electron chi connectivity index (χ0n) is 14.5. The highest BCUT2D eigenvalue weighted by molar-refractivity contribution is 5.84. The largest absolute Gasteiger partial charge is 0.419 e. The molecule has 0 N–H and O–H groups in total. The van der Waals surface area contributed by atoms with Crippen LogP contribution < -0.4 is 4.90 Å². The molecule has 28 heavy (non-hydrogen) atoms. The van der Waals surface area contributed by atoms with E-state index in [0.29, 0.717) is 31.0 Å². The van der Waals surface area contributed by atoms with E-state index in [-0.39, 0.29) is 11.2 Å². The summed E-state index contributed by atoms with van der Waals surface area (Å²) >= 11 is 0. The van der Waals surface area contributed by atoms with Gasteiger partial charge < -0.3 is 4.90 Å². The van der Waals surface area contributed by atoms with E-state index in [1.165, 1.54) is 6.33 Å². The summed E-state index contributed by atoms with van der Waals surface area (Å²) in [4.78, 5) is 12.6. The highest BCUT2D eigenvalue weighted by Gasteiger charge is 2.38. The molecule has 0 saturated carbocycles. The van der Waals surface area contributed by atoms with Gasteiger partial charge in [0, 0.05) is 25.7 Å². The van der Waals surface area contributed by atoms with Crippen molar-refractivity contribution >= 4 is 22.5 Å². The van der Waals surface area contributed by atoms with Gasteiger partial charge in [-0.05, 0) is 25.5 Å². The van der Waals surface area contributed by atoms with Gasteiger partial charge in [0.2, 0.25) is 0 Å². The predicted octanol–water partition coefficient (Wildman–Crippen LogP) is 2.86. The first kappa shape index (κ1) is 17.5. The Kier molecular flexibility index (Phi) is 3.74. The van der Waals surface area contributed by atoms with Gasteiger partial charge in [0.25, 0.3) is 0 Å². The van der Waals surface area contributed by atoms with Gasteiger partial charge in [0.05, 0.1) is 11.1 Å². The first-order chi connectivity index (χ1) is 13.3. The quantitative estimate of drug-likeness (QED) is 0.590. The Balaban J connectivity index is 1.71. The lowest BCUT2D eigenvalue weighted by Crippen LogP contribution is -2.50. The molecule has 2 saturated heterocycles. The van der Waals surface area contributed by atoms with Crippen molar-refractivity contribution in [3.8, 4) is 0 Å². The molecule has 1 atom stereocenters.